The second-order valence-electron chi connectivity index (χ2n) is 6.10. The van der Waals surface area contributed by atoms with Gasteiger partial charge in [-0.3, -0.25) is 9.69 Å². The predicted octanol–water partition coefficient (Wildman–Crippen LogP) is 3.17. The van der Waals surface area contributed by atoms with Crippen molar-refractivity contribution in [3.8, 4) is 5.75 Å². The fourth-order valence-electron chi connectivity index (χ4n) is 2.91. The lowest BCUT2D eigenvalue weighted by atomic mass is 9.95. The zero-order chi connectivity index (χ0) is 16.7. The Kier molecular flexibility index (Phi) is 6.77. The molecule has 23 heavy (non-hydrogen) atoms. The van der Waals surface area contributed by atoms with Crippen LogP contribution in [0.3, 0.4) is 0 Å². The van der Waals surface area contributed by atoms with Gasteiger partial charge in [0.05, 0.1) is 6.54 Å². The first-order chi connectivity index (χ1) is 11.0. The van der Waals surface area contributed by atoms with E-state index in [1.165, 1.54) is 31.4 Å². The van der Waals surface area contributed by atoms with E-state index in [9.17, 15) is 13.6 Å². The molecule has 0 bridgehead atoms. The van der Waals surface area contributed by atoms with Gasteiger partial charge in [-0.05, 0) is 37.6 Å². The van der Waals surface area contributed by atoms with Crippen LogP contribution >= 0.6 is 0 Å². The summed E-state index contributed by atoms with van der Waals surface area (Å²) >= 11 is 0. The number of carbonyl (C=O) groups is 1. The highest BCUT2D eigenvalue weighted by atomic mass is 19.3. The fraction of sp³-hybridized carbons (Fsp3) is 0.588. The molecule has 1 amide bonds. The number of alkyl halides is 2. The predicted molar refractivity (Wildman–Crippen MR) is 84.4 cm³/mol. The van der Waals surface area contributed by atoms with Gasteiger partial charge in [0.1, 0.15) is 5.75 Å². The van der Waals surface area contributed by atoms with Crippen LogP contribution in [0.1, 0.15) is 37.7 Å². The van der Waals surface area contributed by atoms with Crippen molar-refractivity contribution in [3.63, 3.8) is 0 Å². The topological polar surface area (TPSA) is 41.6 Å². The van der Waals surface area contributed by atoms with Crippen LogP contribution in [0.2, 0.25) is 0 Å². The number of benzene rings is 1. The van der Waals surface area contributed by atoms with Crippen LogP contribution in [0.5, 0.6) is 5.75 Å². The fourth-order valence-corrected chi connectivity index (χ4v) is 2.91. The lowest BCUT2D eigenvalue weighted by molar-refractivity contribution is -0.123. The van der Waals surface area contributed by atoms with Crippen molar-refractivity contribution in [3.05, 3.63) is 29.8 Å². The van der Waals surface area contributed by atoms with E-state index in [0.29, 0.717) is 19.1 Å². The maximum atomic E-state index is 12.1. The molecule has 1 aliphatic carbocycles. The minimum atomic E-state index is -2.81. The number of hydrogen-bond acceptors (Lipinski definition) is 3. The van der Waals surface area contributed by atoms with Crippen LogP contribution < -0.4 is 10.1 Å². The number of carbonyl (C=O) groups excluding carboxylic acids is 1. The van der Waals surface area contributed by atoms with E-state index in [2.05, 4.69) is 10.1 Å². The number of nitrogens with zero attached hydrogens (tertiary/aromatic N) is 1. The van der Waals surface area contributed by atoms with Crippen molar-refractivity contribution in [1.29, 1.82) is 0 Å². The van der Waals surface area contributed by atoms with E-state index >= 15 is 0 Å². The molecule has 128 valence electrons. The number of ether oxygens (including phenoxy) is 1. The molecule has 1 N–H and O–H groups in total. The van der Waals surface area contributed by atoms with Crippen LogP contribution in [0.15, 0.2) is 24.3 Å². The summed E-state index contributed by atoms with van der Waals surface area (Å²) in [5, 5.41) is 3.08. The highest BCUT2D eigenvalue weighted by Crippen LogP contribution is 2.18. The second-order valence-corrected chi connectivity index (χ2v) is 6.10. The van der Waals surface area contributed by atoms with E-state index in [1.807, 2.05) is 11.9 Å². The molecule has 6 heteroatoms. The Morgan fingerprint density at radius 1 is 1.26 bits per heavy atom. The first-order valence-corrected chi connectivity index (χ1v) is 8.04. The van der Waals surface area contributed by atoms with E-state index in [4.69, 9.17) is 0 Å². The van der Waals surface area contributed by atoms with Gasteiger partial charge in [-0.1, -0.05) is 31.4 Å². The van der Waals surface area contributed by atoms with Crippen molar-refractivity contribution in [2.24, 2.45) is 0 Å². The Morgan fingerprint density at radius 3 is 2.52 bits per heavy atom. The lowest BCUT2D eigenvalue weighted by Gasteiger charge is -2.24. The summed E-state index contributed by atoms with van der Waals surface area (Å²) in [7, 11) is 1.87. The van der Waals surface area contributed by atoms with Crippen molar-refractivity contribution in [2.75, 3.05) is 13.6 Å². The molecule has 4 nitrogen and oxygen atoms in total. The van der Waals surface area contributed by atoms with Crippen LogP contribution in [0, 0.1) is 0 Å². The maximum Gasteiger partial charge on any atom is 0.387 e. The molecule has 0 radical (unpaired) electrons. The normalized spacial score (nSPS) is 15.9. The quantitative estimate of drug-likeness (QED) is 0.837. The average Bonchev–Trinajstić information content (AvgIpc) is 2.49. The molecule has 0 aromatic heterocycles. The van der Waals surface area contributed by atoms with Gasteiger partial charge in [0.15, 0.2) is 0 Å². The Hall–Kier alpha value is -1.69. The van der Waals surface area contributed by atoms with E-state index < -0.39 is 6.61 Å². The second kappa shape index (κ2) is 8.82. The van der Waals surface area contributed by atoms with Crippen LogP contribution in [0.25, 0.3) is 0 Å². The Bertz CT molecular complexity index is 488. The highest BCUT2D eigenvalue weighted by Gasteiger charge is 2.16. The standard InChI is InChI=1S/C17H24F2N2O2/c1-21(12-16(22)20-14-5-3-2-4-6-14)11-13-7-9-15(10-8-13)23-17(18)19/h7-10,14,17H,2-6,11-12H2,1H3,(H,20,22). The Morgan fingerprint density at radius 2 is 1.91 bits per heavy atom. The number of likely N-dealkylation sites (N-methyl/N-ethyl adjacent to an activating group) is 1. The molecule has 0 unspecified atom stereocenters. The highest BCUT2D eigenvalue weighted by molar-refractivity contribution is 5.78. The molecule has 0 spiro atoms. The van der Waals surface area contributed by atoms with Crippen LogP contribution in [-0.4, -0.2) is 37.1 Å². The maximum absolute atomic E-state index is 12.1. The number of halogens is 2. The van der Waals surface area contributed by atoms with Gasteiger partial charge < -0.3 is 10.1 Å². The van der Waals surface area contributed by atoms with Crippen molar-refractivity contribution in [1.82, 2.24) is 10.2 Å². The van der Waals surface area contributed by atoms with Crippen molar-refractivity contribution < 1.29 is 18.3 Å². The van der Waals surface area contributed by atoms with Gasteiger partial charge in [-0.2, -0.15) is 8.78 Å². The molecule has 1 fully saturated rings. The Labute approximate surface area is 135 Å². The number of amides is 1. The summed E-state index contributed by atoms with van der Waals surface area (Å²) < 4.78 is 28.5. The number of nitrogens with one attached hydrogen (secondary N) is 1. The molecule has 0 atom stereocenters. The molecule has 1 aromatic carbocycles. The molecular formula is C17H24F2N2O2. The summed E-state index contributed by atoms with van der Waals surface area (Å²) in [6, 6.07) is 6.80. The zero-order valence-corrected chi connectivity index (χ0v) is 13.4. The van der Waals surface area contributed by atoms with Crippen molar-refractivity contribution >= 4 is 5.91 Å². The van der Waals surface area contributed by atoms with Gasteiger partial charge in [0.25, 0.3) is 0 Å². The smallest absolute Gasteiger partial charge is 0.387 e. The van der Waals surface area contributed by atoms with Gasteiger partial charge in [-0.25, -0.2) is 0 Å². The third-order valence-corrected chi connectivity index (χ3v) is 3.98. The third-order valence-electron chi connectivity index (χ3n) is 3.98. The first kappa shape index (κ1) is 17.7. The Balaban J connectivity index is 1.74. The summed E-state index contributed by atoms with van der Waals surface area (Å²) in [5.41, 5.74) is 0.944. The third kappa shape index (κ3) is 6.52. The van der Waals surface area contributed by atoms with Crippen molar-refractivity contribution in [2.45, 2.75) is 51.3 Å². The average molecular weight is 326 g/mol. The minimum absolute atomic E-state index is 0.0389. The number of rotatable bonds is 7. The zero-order valence-electron chi connectivity index (χ0n) is 13.4. The van der Waals surface area contributed by atoms with E-state index in [-0.39, 0.29) is 11.7 Å². The molecular weight excluding hydrogens is 302 g/mol. The van der Waals surface area contributed by atoms with Gasteiger partial charge in [0.2, 0.25) is 5.91 Å². The summed E-state index contributed by atoms with van der Waals surface area (Å²) in [5.74, 6) is 0.179. The van der Waals surface area contributed by atoms with Crippen LogP contribution in [0.4, 0.5) is 8.78 Å². The summed E-state index contributed by atoms with van der Waals surface area (Å²) in [6.07, 6.45) is 5.78. The van der Waals surface area contributed by atoms with Gasteiger partial charge in [0, 0.05) is 12.6 Å². The first-order valence-electron chi connectivity index (χ1n) is 8.04. The lowest BCUT2D eigenvalue weighted by Crippen LogP contribution is -2.41. The molecule has 1 aromatic rings. The molecule has 0 saturated heterocycles. The van der Waals surface area contributed by atoms with Crippen LogP contribution in [-0.2, 0) is 11.3 Å². The van der Waals surface area contributed by atoms with E-state index in [0.717, 1.165) is 18.4 Å². The summed E-state index contributed by atoms with van der Waals surface area (Å²) in [4.78, 5) is 13.9. The monoisotopic (exact) mass is 326 g/mol. The number of hydrogen-bond donors (Lipinski definition) is 1. The van der Waals surface area contributed by atoms with Gasteiger partial charge in [-0.15, -0.1) is 0 Å². The molecule has 0 heterocycles. The summed E-state index contributed by atoms with van der Waals surface area (Å²) in [6.45, 7) is -1.91. The molecule has 2 rings (SSSR count). The van der Waals surface area contributed by atoms with E-state index in [1.54, 1.807) is 12.1 Å². The molecule has 1 aliphatic rings. The molecule has 1 saturated carbocycles. The van der Waals surface area contributed by atoms with Gasteiger partial charge >= 0.3 is 6.61 Å². The minimum Gasteiger partial charge on any atom is -0.435 e. The SMILES string of the molecule is CN(CC(=O)NC1CCCCC1)Cc1ccc(OC(F)F)cc1. The largest absolute Gasteiger partial charge is 0.435 e. The molecule has 0 aliphatic heterocycles.